The number of Topliss-reactive ketones (excluding diaryl/α,β-unsaturated/α-hetero) is 1. The van der Waals surface area contributed by atoms with Crippen LogP contribution in [0.2, 0.25) is 0 Å². The molecule has 1 aliphatic carbocycles. The van der Waals surface area contributed by atoms with Crippen LogP contribution < -0.4 is 10.1 Å². The summed E-state index contributed by atoms with van der Waals surface area (Å²) in [4.78, 5) is 50.6. The number of rotatable bonds is 6. The van der Waals surface area contributed by atoms with Crippen LogP contribution in [0.25, 0.3) is 0 Å². The minimum atomic E-state index is -1.16. The molecule has 1 heterocycles. The second-order valence-corrected chi connectivity index (χ2v) is 8.78. The minimum absolute atomic E-state index is 0.130. The number of nitro benzene ring substituents is 1. The van der Waals surface area contributed by atoms with E-state index in [2.05, 4.69) is 5.32 Å². The summed E-state index contributed by atoms with van der Waals surface area (Å²) in [5.74, 6) is -3.76. The van der Waals surface area contributed by atoms with Crippen molar-refractivity contribution < 1.29 is 33.5 Å². The number of methoxy groups -OCH3 is 3. The predicted octanol–water partition coefficient (Wildman–Crippen LogP) is 3.54. The standard InChI is InChI=1S/C27H26N2O8/c1-14-21(26(31)36-3)22(16-5-9-17(10-6-16)29(33)34)24-20(28-14)13-19(23(25(24)30)27(32)37-4)15-7-11-18(35-2)12-8-15/h5-12,19,22-23,28H,13H2,1-4H3. The van der Waals surface area contributed by atoms with Crippen molar-refractivity contribution in [1.82, 2.24) is 5.32 Å². The monoisotopic (exact) mass is 506 g/mol. The molecule has 0 radical (unpaired) electrons. The Morgan fingerprint density at radius 2 is 1.59 bits per heavy atom. The van der Waals surface area contributed by atoms with Crippen LogP contribution in [0.15, 0.2) is 71.1 Å². The maximum absolute atomic E-state index is 14.1. The number of carbonyl (C=O) groups is 3. The Morgan fingerprint density at radius 3 is 2.14 bits per heavy atom. The molecular weight excluding hydrogens is 480 g/mol. The largest absolute Gasteiger partial charge is 0.497 e. The summed E-state index contributed by atoms with van der Waals surface area (Å²) in [7, 11) is 4.01. The van der Waals surface area contributed by atoms with Gasteiger partial charge in [-0.3, -0.25) is 19.7 Å². The quantitative estimate of drug-likeness (QED) is 0.270. The first-order valence-electron chi connectivity index (χ1n) is 11.5. The number of non-ortho nitro benzene ring substituents is 1. The van der Waals surface area contributed by atoms with E-state index in [4.69, 9.17) is 14.2 Å². The van der Waals surface area contributed by atoms with E-state index in [-0.39, 0.29) is 16.8 Å². The summed E-state index contributed by atoms with van der Waals surface area (Å²) in [5, 5.41) is 14.4. The Morgan fingerprint density at radius 1 is 0.973 bits per heavy atom. The Bertz CT molecular complexity index is 1330. The molecule has 0 spiro atoms. The van der Waals surface area contributed by atoms with E-state index >= 15 is 0 Å². The maximum atomic E-state index is 14.1. The van der Waals surface area contributed by atoms with Crippen LogP contribution in [0.1, 0.15) is 36.3 Å². The Kier molecular flexibility index (Phi) is 7.10. The van der Waals surface area contributed by atoms with Crippen LogP contribution in [0.3, 0.4) is 0 Å². The number of hydrogen-bond acceptors (Lipinski definition) is 9. The van der Waals surface area contributed by atoms with E-state index in [1.54, 1.807) is 38.3 Å². The number of benzene rings is 2. The third-order valence-corrected chi connectivity index (χ3v) is 6.86. The first-order chi connectivity index (χ1) is 17.7. The van der Waals surface area contributed by atoms with Crippen LogP contribution in [0.4, 0.5) is 5.69 Å². The zero-order chi connectivity index (χ0) is 26.9. The fourth-order valence-electron chi connectivity index (χ4n) is 5.10. The van der Waals surface area contributed by atoms with Gasteiger partial charge in [-0.25, -0.2) is 4.79 Å². The van der Waals surface area contributed by atoms with Gasteiger partial charge in [-0.1, -0.05) is 24.3 Å². The van der Waals surface area contributed by atoms with E-state index in [0.29, 0.717) is 29.1 Å². The number of hydrogen-bond donors (Lipinski definition) is 1. The molecule has 37 heavy (non-hydrogen) atoms. The molecular formula is C27H26N2O8. The third-order valence-electron chi connectivity index (χ3n) is 6.86. The lowest BCUT2D eigenvalue weighted by atomic mass is 9.67. The number of nitro groups is 1. The summed E-state index contributed by atoms with van der Waals surface area (Å²) in [6.07, 6.45) is 0.294. The van der Waals surface area contributed by atoms with Gasteiger partial charge >= 0.3 is 11.9 Å². The smallest absolute Gasteiger partial charge is 0.336 e. The average Bonchev–Trinajstić information content (AvgIpc) is 2.91. The summed E-state index contributed by atoms with van der Waals surface area (Å²) >= 11 is 0. The number of carbonyl (C=O) groups excluding carboxylic acids is 3. The van der Waals surface area contributed by atoms with Crippen LogP contribution >= 0.6 is 0 Å². The normalized spacial score (nSPS) is 21.1. The molecule has 0 amide bonds. The van der Waals surface area contributed by atoms with E-state index in [0.717, 1.165) is 5.56 Å². The highest BCUT2D eigenvalue weighted by Crippen LogP contribution is 2.48. The molecule has 192 valence electrons. The summed E-state index contributed by atoms with van der Waals surface area (Å²) < 4.78 is 15.3. The molecule has 10 heteroatoms. The molecule has 10 nitrogen and oxygen atoms in total. The van der Waals surface area contributed by atoms with Crippen LogP contribution in [0.5, 0.6) is 5.75 Å². The summed E-state index contributed by atoms with van der Waals surface area (Å²) in [6, 6.07) is 12.8. The van der Waals surface area contributed by atoms with Gasteiger partial charge in [0.25, 0.3) is 5.69 Å². The molecule has 1 N–H and O–H groups in total. The number of ether oxygens (including phenoxy) is 3. The Labute approximate surface area is 213 Å². The molecule has 3 unspecified atom stereocenters. The van der Waals surface area contributed by atoms with E-state index < -0.39 is 40.4 Å². The topological polar surface area (TPSA) is 134 Å². The van der Waals surface area contributed by atoms with Crippen molar-refractivity contribution in [3.05, 3.63) is 92.3 Å². The van der Waals surface area contributed by atoms with Gasteiger partial charge in [0.2, 0.25) is 0 Å². The first-order valence-corrected chi connectivity index (χ1v) is 11.5. The molecule has 4 rings (SSSR count). The fourth-order valence-corrected chi connectivity index (χ4v) is 5.10. The predicted molar refractivity (Wildman–Crippen MR) is 132 cm³/mol. The lowest BCUT2D eigenvalue weighted by molar-refractivity contribution is -0.384. The molecule has 0 fully saturated rings. The second-order valence-electron chi connectivity index (χ2n) is 8.78. The molecule has 2 aliphatic rings. The first kappa shape index (κ1) is 25.6. The summed E-state index contributed by atoms with van der Waals surface area (Å²) in [6.45, 7) is 1.70. The van der Waals surface area contributed by atoms with Crippen molar-refractivity contribution in [1.29, 1.82) is 0 Å². The van der Waals surface area contributed by atoms with Gasteiger partial charge in [-0.05, 0) is 36.6 Å². The van der Waals surface area contributed by atoms with Crippen molar-refractivity contribution in [2.75, 3.05) is 21.3 Å². The fraction of sp³-hybridized carbons (Fsp3) is 0.296. The zero-order valence-electron chi connectivity index (χ0n) is 20.8. The molecule has 2 aromatic rings. The van der Waals surface area contributed by atoms with E-state index in [1.807, 2.05) is 0 Å². The molecule has 2 aromatic carbocycles. The number of dihydropyridines is 1. The molecule has 3 atom stereocenters. The van der Waals surface area contributed by atoms with Crippen LogP contribution in [-0.4, -0.2) is 44.0 Å². The highest BCUT2D eigenvalue weighted by molar-refractivity contribution is 6.13. The van der Waals surface area contributed by atoms with Crippen molar-refractivity contribution in [3.63, 3.8) is 0 Å². The van der Waals surface area contributed by atoms with Crippen molar-refractivity contribution in [3.8, 4) is 5.75 Å². The zero-order valence-corrected chi connectivity index (χ0v) is 20.8. The number of nitrogens with zero attached hydrogens (tertiary/aromatic N) is 1. The number of esters is 2. The highest BCUT2D eigenvalue weighted by atomic mass is 16.6. The SMILES string of the molecule is COC(=O)C1=C(C)NC2=C(C(=O)C(C(=O)OC)C(c3ccc(OC)cc3)C2)C1c1ccc([N+](=O)[O-])cc1. The van der Waals surface area contributed by atoms with Gasteiger partial charge in [-0.15, -0.1) is 0 Å². The van der Waals surface area contributed by atoms with Gasteiger partial charge in [-0.2, -0.15) is 0 Å². The van der Waals surface area contributed by atoms with Gasteiger partial charge in [0.05, 0.1) is 31.8 Å². The van der Waals surface area contributed by atoms with Crippen LogP contribution in [0, 0.1) is 16.0 Å². The number of allylic oxidation sites excluding steroid dienone is 3. The van der Waals surface area contributed by atoms with Crippen molar-refractivity contribution >= 4 is 23.4 Å². The van der Waals surface area contributed by atoms with Crippen molar-refractivity contribution in [2.24, 2.45) is 5.92 Å². The molecule has 0 aromatic heterocycles. The summed E-state index contributed by atoms with van der Waals surface area (Å²) in [5.41, 5.74) is 2.60. The van der Waals surface area contributed by atoms with Gasteiger partial charge in [0, 0.05) is 40.9 Å². The number of ketones is 1. The lowest BCUT2D eigenvalue weighted by Gasteiger charge is -2.39. The molecule has 0 bridgehead atoms. The minimum Gasteiger partial charge on any atom is -0.497 e. The third kappa shape index (κ3) is 4.57. The van der Waals surface area contributed by atoms with Crippen molar-refractivity contribution in [2.45, 2.75) is 25.2 Å². The Balaban J connectivity index is 1.88. The van der Waals surface area contributed by atoms with Gasteiger partial charge in [0.15, 0.2) is 5.78 Å². The van der Waals surface area contributed by atoms with Gasteiger partial charge in [0.1, 0.15) is 11.7 Å². The average molecular weight is 507 g/mol. The van der Waals surface area contributed by atoms with E-state index in [1.165, 1.54) is 38.5 Å². The molecule has 0 saturated carbocycles. The molecule has 0 saturated heterocycles. The number of nitrogens with one attached hydrogen (secondary N) is 1. The Hall–Kier alpha value is -4.47. The second kappa shape index (κ2) is 10.3. The lowest BCUT2D eigenvalue weighted by Crippen LogP contribution is -2.43. The van der Waals surface area contributed by atoms with Gasteiger partial charge < -0.3 is 19.5 Å². The molecule has 1 aliphatic heterocycles. The van der Waals surface area contributed by atoms with E-state index in [9.17, 15) is 24.5 Å². The highest BCUT2D eigenvalue weighted by Gasteiger charge is 2.49. The maximum Gasteiger partial charge on any atom is 0.336 e. The van der Waals surface area contributed by atoms with Crippen LogP contribution in [-0.2, 0) is 23.9 Å².